The lowest BCUT2D eigenvalue weighted by Crippen LogP contribution is -1.91. The molecule has 6 heteroatoms. The Balaban J connectivity index is 2.28. The van der Waals surface area contributed by atoms with Crippen LogP contribution in [0.3, 0.4) is 0 Å². The molecule has 0 fully saturated rings. The predicted molar refractivity (Wildman–Crippen MR) is 72.3 cm³/mol. The molecule has 2 rings (SSSR count). The SMILES string of the molecule is COc1ccc(Oc2ccc(Cl)cc2Cl)c(Cl)n1. The highest BCUT2D eigenvalue weighted by molar-refractivity contribution is 6.35. The molecule has 3 nitrogen and oxygen atoms in total. The zero-order valence-corrected chi connectivity index (χ0v) is 11.6. The molecule has 0 aliphatic rings. The van der Waals surface area contributed by atoms with Gasteiger partial charge in [-0.05, 0) is 24.3 Å². The molecule has 18 heavy (non-hydrogen) atoms. The van der Waals surface area contributed by atoms with Crippen LogP contribution in [0.25, 0.3) is 0 Å². The third kappa shape index (κ3) is 2.99. The first kappa shape index (κ1) is 13.3. The topological polar surface area (TPSA) is 31.4 Å². The van der Waals surface area contributed by atoms with Crippen molar-refractivity contribution in [2.45, 2.75) is 0 Å². The number of hydrogen-bond donors (Lipinski definition) is 0. The average Bonchev–Trinajstić information content (AvgIpc) is 2.34. The predicted octanol–water partition coefficient (Wildman–Crippen LogP) is 4.84. The quantitative estimate of drug-likeness (QED) is 0.760. The third-order valence-electron chi connectivity index (χ3n) is 2.11. The van der Waals surface area contributed by atoms with Crippen molar-refractivity contribution in [2.24, 2.45) is 0 Å². The molecular weight excluding hydrogens is 296 g/mol. The molecule has 0 bridgehead atoms. The van der Waals surface area contributed by atoms with Gasteiger partial charge in [0, 0.05) is 11.1 Å². The van der Waals surface area contributed by atoms with Crippen molar-refractivity contribution in [3.63, 3.8) is 0 Å². The normalized spacial score (nSPS) is 10.2. The van der Waals surface area contributed by atoms with Crippen LogP contribution in [0.5, 0.6) is 17.4 Å². The highest BCUT2D eigenvalue weighted by Gasteiger charge is 2.09. The second kappa shape index (κ2) is 5.65. The molecule has 1 heterocycles. The molecule has 94 valence electrons. The summed E-state index contributed by atoms with van der Waals surface area (Å²) in [6, 6.07) is 8.21. The minimum Gasteiger partial charge on any atom is -0.481 e. The number of nitrogens with zero attached hydrogens (tertiary/aromatic N) is 1. The van der Waals surface area contributed by atoms with Crippen LogP contribution in [0, 0.1) is 0 Å². The van der Waals surface area contributed by atoms with Gasteiger partial charge >= 0.3 is 0 Å². The average molecular weight is 305 g/mol. The van der Waals surface area contributed by atoms with Crippen LogP contribution in [-0.2, 0) is 0 Å². The summed E-state index contributed by atoms with van der Waals surface area (Å²) in [5, 5.41) is 1.13. The zero-order valence-electron chi connectivity index (χ0n) is 9.28. The maximum Gasteiger partial charge on any atom is 0.214 e. The van der Waals surface area contributed by atoms with Crippen molar-refractivity contribution < 1.29 is 9.47 Å². The summed E-state index contributed by atoms with van der Waals surface area (Å²) < 4.78 is 10.5. The number of halogens is 3. The Bertz CT molecular complexity index is 575. The van der Waals surface area contributed by atoms with Crippen LogP contribution in [0.2, 0.25) is 15.2 Å². The van der Waals surface area contributed by atoms with E-state index >= 15 is 0 Å². The molecule has 0 aliphatic heterocycles. The van der Waals surface area contributed by atoms with Gasteiger partial charge in [-0.15, -0.1) is 0 Å². The minimum absolute atomic E-state index is 0.195. The fourth-order valence-electron chi connectivity index (χ4n) is 1.27. The lowest BCUT2D eigenvalue weighted by Gasteiger charge is -2.09. The van der Waals surface area contributed by atoms with Crippen molar-refractivity contribution in [1.29, 1.82) is 0 Å². The fourth-order valence-corrected chi connectivity index (χ4v) is 1.90. The van der Waals surface area contributed by atoms with Gasteiger partial charge in [-0.1, -0.05) is 34.8 Å². The standard InChI is InChI=1S/C12H8Cl3NO2/c1-17-11-5-4-10(12(15)16-11)18-9-3-2-7(13)6-8(9)14/h2-6H,1H3. The molecule has 2 aromatic rings. The summed E-state index contributed by atoms with van der Waals surface area (Å²) in [5.74, 6) is 1.26. The van der Waals surface area contributed by atoms with E-state index in [-0.39, 0.29) is 5.15 Å². The Labute approximate surface area is 119 Å². The van der Waals surface area contributed by atoms with Crippen LogP contribution in [0.1, 0.15) is 0 Å². The van der Waals surface area contributed by atoms with Crippen LogP contribution in [0.4, 0.5) is 0 Å². The van der Waals surface area contributed by atoms with Gasteiger partial charge in [0.25, 0.3) is 0 Å². The van der Waals surface area contributed by atoms with Crippen molar-refractivity contribution in [3.8, 4) is 17.4 Å². The second-order valence-electron chi connectivity index (χ2n) is 3.32. The van der Waals surface area contributed by atoms with E-state index in [0.717, 1.165) is 0 Å². The Hall–Kier alpha value is -1.16. The fraction of sp³-hybridized carbons (Fsp3) is 0.0833. The van der Waals surface area contributed by atoms with Gasteiger partial charge in [0.05, 0.1) is 12.1 Å². The number of hydrogen-bond acceptors (Lipinski definition) is 3. The van der Waals surface area contributed by atoms with Crippen molar-refractivity contribution in [3.05, 3.63) is 45.5 Å². The molecule has 0 saturated carbocycles. The van der Waals surface area contributed by atoms with E-state index in [0.29, 0.717) is 27.4 Å². The number of methoxy groups -OCH3 is 1. The molecule has 0 unspecified atom stereocenters. The minimum atomic E-state index is 0.195. The number of rotatable bonds is 3. The Kier molecular flexibility index (Phi) is 4.17. The largest absolute Gasteiger partial charge is 0.481 e. The van der Waals surface area contributed by atoms with Gasteiger partial charge in [0.1, 0.15) is 5.75 Å². The van der Waals surface area contributed by atoms with Gasteiger partial charge in [-0.2, -0.15) is 4.98 Å². The summed E-state index contributed by atoms with van der Waals surface area (Å²) in [6.07, 6.45) is 0. The smallest absolute Gasteiger partial charge is 0.214 e. The molecule has 1 aromatic carbocycles. The summed E-state index contributed by atoms with van der Waals surface area (Å²) in [6.45, 7) is 0. The van der Waals surface area contributed by atoms with Gasteiger partial charge in [0.15, 0.2) is 10.9 Å². The molecule has 0 spiro atoms. The van der Waals surface area contributed by atoms with Crippen molar-refractivity contribution >= 4 is 34.8 Å². The maximum absolute atomic E-state index is 5.99. The van der Waals surface area contributed by atoms with E-state index in [1.807, 2.05) is 0 Å². The number of aromatic nitrogens is 1. The monoisotopic (exact) mass is 303 g/mol. The molecule has 0 radical (unpaired) electrons. The number of benzene rings is 1. The summed E-state index contributed by atoms with van der Waals surface area (Å²) in [7, 11) is 1.51. The summed E-state index contributed by atoms with van der Waals surface area (Å²) >= 11 is 17.7. The van der Waals surface area contributed by atoms with Gasteiger partial charge in [-0.25, -0.2) is 0 Å². The summed E-state index contributed by atoms with van der Waals surface area (Å²) in [4.78, 5) is 3.98. The third-order valence-corrected chi connectivity index (χ3v) is 2.91. The van der Waals surface area contributed by atoms with Gasteiger partial charge in [0.2, 0.25) is 5.88 Å². The van der Waals surface area contributed by atoms with E-state index in [2.05, 4.69) is 4.98 Å². The van der Waals surface area contributed by atoms with Crippen molar-refractivity contribution in [1.82, 2.24) is 4.98 Å². The first-order valence-corrected chi connectivity index (χ1v) is 6.07. The Morgan fingerprint density at radius 3 is 2.33 bits per heavy atom. The van der Waals surface area contributed by atoms with Crippen LogP contribution < -0.4 is 9.47 Å². The molecule has 0 N–H and O–H groups in total. The highest BCUT2D eigenvalue weighted by atomic mass is 35.5. The van der Waals surface area contributed by atoms with Crippen LogP contribution in [0.15, 0.2) is 30.3 Å². The molecular formula is C12H8Cl3NO2. The summed E-state index contributed by atoms with van der Waals surface area (Å²) in [5.41, 5.74) is 0. The maximum atomic E-state index is 5.99. The van der Waals surface area contributed by atoms with Crippen LogP contribution >= 0.6 is 34.8 Å². The first-order valence-electron chi connectivity index (χ1n) is 4.93. The van der Waals surface area contributed by atoms with E-state index in [1.165, 1.54) is 7.11 Å². The molecule has 0 saturated heterocycles. The first-order chi connectivity index (χ1) is 8.60. The molecule has 0 aliphatic carbocycles. The number of pyridine rings is 1. The lowest BCUT2D eigenvalue weighted by molar-refractivity contribution is 0.395. The van der Waals surface area contributed by atoms with Crippen LogP contribution in [-0.4, -0.2) is 12.1 Å². The Morgan fingerprint density at radius 2 is 1.72 bits per heavy atom. The lowest BCUT2D eigenvalue weighted by atomic mass is 10.3. The van der Waals surface area contributed by atoms with Gasteiger partial charge in [-0.3, -0.25) is 0 Å². The second-order valence-corrected chi connectivity index (χ2v) is 4.52. The molecule has 0 atom stereocenters. The van der Waals surface area contributed by atoms with E-state index < -0.39 is 0 Å². The van der Waals surface area contributed by atoms with Gasteiger partial charge < -0.3 is 9.47 Å². The number of ether oxygens (including phenoxy) is 2. The van der Waals surface area contributed by atoms with Crippen molar-refractivity contribution in [2.75, 3.05) is 7.11 Å². The molecule has 0 amide bonds. The molecule has 1 aromatic heterocycles. The van der Waals surface area contributed by atoms with E-state index in [1.54, 1.807) is 30.3 Å². The zero-order chi connectivity index (χ0) is 13.1. The van der Waals surface area contributed by atoms with E-state index in [4.69, 9.17) is 44.3 Å². The van der Waals surface area contributed by atoms with E-state index in [9.17, 15) is 0 Å². The Morgan fingerprint density at radius 1 is 1.00 bits per heavy atom. The highest BCUT2D eigenvalue weighted by Crippen LogP contribution is 2.34.